The number of rotatable bonds is 9. The van der Waals surface area contributed by atoms with Gasteiger partial charge in [-0.15, -0.1) is 0 Å². The Morgan fingerprint density at radius 3 is 2.35 bits per heavy atom. The molecule has 0 aromatic carbocycles. The highest BCUT2D eigenvalue weighted by atomic mass is 16.5. The quantitative estimate of drug-likeness (QED) is 0.499. The van der Waals surface area contributed by atoms with Crippen LogP contribution in [0.4, 0.5) is 0 Å². The van der Waals surface area contributed by atoms with E-state index in [0.29, 0.717) is 5.57 Å². The van der Waals surface area contributed by atoms with Crippen LogP contribution >= 0.6 is 0 Å². The molecule has 17 heavy (non-hydrogen) atoms. The van der Waals surface area contributed by atoms with Gasteiger partial charge in [-0.3, -0.25) is 0 Å². The van der Waals surface area contributed by atoms with Gasteiger partial charge in [0, 0.05) is 18.1 Å². The molecular formula is C14H26O3. The number of carbonyl (C=O) groups excluding carboxylic acids is 1. The van der Waals surface area contributed by atoms with Gasteiger partial charge in [-0.25, -0.2) is 4.79 Å². The Balaban J connectivity index is 4.48. The summed E-state index contributed by atoms with van der Waals surface area (Å²) in [7, 11) is 0. The number of aliphatic hydroxyl groups excluding tert-OH is 1. The lowest BCUT2D eigenvalue weighted by atomic mass is 9.94. The van der Waals surface area contributed by atoms with Crippen molar-refractivity contribution in [2.45, 2.75) is 59.0 Å². The zero-order valence-electron chi connectivity index (χ0n) is 11.4. The molecule has 0 aliphatic carbocycles. The minimum atomic E-state index is -0.347. The molecule has 3 nitrogen and oxygen atoms in total. The normalized spacial score (nSPS) is 14.1. The Morgan fingerprint density at radius 2 is 1.94 bits per heavy atom. The first-order valence-corrected chi connectivity index (χ1v) is 6.54. The average Bonchev–Trinajstić information content (AvgIpc) is 2.31. The standard InChI is InChI=1S/C14H26O3/c1-5-7-9-13(12(10-15)8-6-2)17-14(16)11(3)4/h12-13,15H,3,5-10H2,1-2,4H3. The van der Waals surface area contributed by atoms with Crippen molar-refractivity contribution in [1.29, 1.82) is 0 Å². The molecule has 0 spiro atoms. The zero-order chi connectivity index (χ0) is 13.3. The number of aliphatic hydroxyl groups is 1. The molecule has 0 aromatic rings. The van der Waals surface area contributed by atoms with E-state index >= 15 is 0 Å². The van der Waals surface area contributed by atoms with E-state index in [1.807, 2.05) is 0 Å². The maximum atomic E-state index is 11.5. The Kier molecular flexibility index (Phi) is 8.78. The van der Waals surface area contributed by atoms with E-state index in [1.54, 1.807) is 6.92 Å². The van der Waals surface area contributed by atoms with Gasteiger partial charge < -0.3 is 9.84 Å². The summed E-state index contributed by atoms with van der Waals surface area (Å²) in [6, 6.07) is 0. The highest BCUT2D eigenvalue weighted by molar-refractivity contribution is 5.87. The fraction of sp³-hybridized carbons (Fsp3) is 0.786. The summed E-state index contributed by atoms with van der Waals surface area (Å²) < 4.78 is 5.42. The van der Waals surface area contributed by atoms with E-state index in [-0.39, 0.29) is 24.6 Å². The summed E-state index contributed by atoms with van der Waals surface area (Å²) in [5.74, 6) is -0.296. The molecule has 0 bridgehead atoms. The van der Waals surface area contributed by atoms with E-state index in [4.69, 9.17) is 4.74 Å². The minimum Gasteiger partial charge on any atom is -0.459 e. The maximum Gasteiger partial charge on any atom is 0.333 e. The van der Waals surface area contributed by atoms with Gasteiger partial charge in [0.1, 0.15) is 6.10 Å². The first-order chi connectivity index (χ1) is 8.06. The van der Waals surface area contributed by atoms with Crippen LogP contribution in [0.3, 0.4) is 0 Å². The van der Waals surface area contributed by atoms with Gasteiger partial charge >= 0.3 is 5.97 Å². The topological polar surface area (TPSA) is 46.5 Å². The molecule has 1 N–H and O–H groups in total. The molecular weight excluding hydrogens is 216 g/mol. The van der Waals surface area contributed by atoms with Gasteiger partial charge in [0.25, 0.3) is 0 Å². The second-order valence-electron chi connectivity index (χ2n) is 4.60. The molecule has 3 heteroatoms. The third-order valence-electron chi connectivity index (χ3n) is 2.87. The van der Waals surface area contributed by atoms with Crippen LogP contribution in [-0.2, 0) is 9.53 Å². The predicted octanol–water partition coefficient (Wildman–Crippen LogP) is 3.07. The molecule has 0 amide bonds. The smallest absolute Gasteiger partial charge is 0.333 e. The lowest BCUT2D eigenvalue weighted by Crippen LogP contribution is -2.29. The fourth-order valence-corrected chi connectivity index (χ4v) is 1.80. The molecule has 0 aromatic heterocycles. The van der Waals surface area contributed by atoms with Crippen molar-refractivity contribution in [2.24, 2.45) is 5.92 Å². The summed E-state index contributed by atoms with van der Waals surface area (Å²) in [4.78, 5) is 11.5. The van der Waals surface area contributed by atoms with Crippen LogP contribution in [0.2, 0.25) is 0 Å². The number of hydrogen-bond donors (Lipinski definition) is 1. The molecule has 0 aliphatic heterocycles. The van der Waals surface area contributed by atoms with Crippen LogP contribution in [0.1, 0.15) is 52.9 Å². The van der Waals surface area contributed by atoms with Crippen LogP contribution in [0.25, 0.3) is 0 Å². The van der Waals surface area contributed by atoms with E-state index in [0.717, 1.165) is 32.1 Å². The third kappa shape index (κ3) is 6.47. The van der Waals surface area contributed by atoms with Crippen molar-refractivity contribution in [3.8, 4) is 0 Å². The molecule has 0 rings (SSSR count). The summed E-state index contributed by atoms with van der Waals surface area (Å²) in [5.41, 5.74) is 0.416. The first-order valence-electron chi connectivity index (χ1n) is 6.54. The minimum absolute atomic E-state index is 0.0508. The van der Waals surface area contributed by atoms with E-state index in [9.17, 15) is 9.90 Å². The highest BCUT2D eigenvalue weighted by Gasteiger charge is 2.23. The first kappa shape index (κ1) is 16.2. The van der Waals surface area contributed by atoms with Gasteiger partial charge in [-0.1, -0.05) is 39.7 Å². The van der Waals surface area contributed by atoms with E-state index < -0.39 is 0 Å². The largest absolute Gasteiger partial charge is 0.459 e. The Bertz CT molecular complexity index is 236. The predicted molar refractivity (Wildman–Crippen MR) is 69.7 cm³/mol. The molecule has 0 saturated carbocycles. The molecule has 100 valence electrons. The number of carbonyl (C=O) groups is 1. The van der Waals surface area contributed by atoms with Gasteiger partial charge in [0.05, 0.1) is 0 Å². The fourth-order valence-electron chi connectivity index (χ4n) is 1.80. The molecule has 0 saturated heterocycles. The molecule has 2 unspecified atom stereocenters. The van der Waals surface area contributed by atoms with Crippen LogP contribution in [-0.4, -0.2) is 23.8 Å². The van der Waals surface area contributed by atoms with E-state index in [2.05, 4.69) is 20.4 Å². The maximum absolute atomic E-state index is 11.5. The number of ether oxygens (including phenoxy) is 1. The van der Waals surface area contributed by atoms with Crippen LogP contribution < -0.4 is 0 Å². The van der Waals surface area contributed by atoms with Crippen LogP contribution in [0.15, 0.2) is 12.2 Å². The number of hydrogen-bond acceptors (Lipinski definition) is 3. The second-order valence-corrected chi connectivity index (χ2v) is 4.60. The lowest BCUT2D eigenvalue weighted by molar-refractivity contribution is -0.148. The van der Waals surface area contributed by atoms with Crippen molar-refractivity contribution in [2.75, 3.05) is 6.61 Å². The van der Waals surface area contributed by atoms with Gasteiger partial charge in [-0.05, 0) is 19.8 Å². The average molecular weight is 242 g/mol. The van der Waals surface area contributed by atoms with Gasteiger partial charge in [0.15, 0.2) is 0 Å². The number of esters is 1. The summed E-state index contributed by atoms with van der Waals surface area (Å²) >= 11 is 0. The summed E-state index contributed by atoms with van der Waals surface area (Å²) in [5, 5.41) is 9.36. The highest BCUT2D eigenvalue weighted by Crippen LogP contribution is 2.20. The molecule has 0 fully saturated rings. The van der Waals surface area contributed by atoms with Crippen molar-refractivity contribution in [1.82, 2.24) is 0 Å². The summed E-state index contributed by atoms with van der Waals surface area (Å²) in [6.07, 6.45) is 4.58. The van der Waals surface area contributed by atoms with E-state index in [1.165, 1.54) is 0 Å². The Hall–Kier alpha value is -0.830. The second kappa shape index (κ2) is 9.23. The Labute approximate surface area is 105 Å². The Morgan fingerprint density at radius 1 is 1.29 bits per heavy atom. The van der Waals surface area contributed by atoms with Crippen molar-refractivity contribution in [3.05, 3.63) is 12.2 Å². The molecule has 0 radical (unpaired) electrons. The van der Waals surface area contributed by atoms with Crippen LogP contribution in [0.5, 0.6) is 0 Å². The third-order valence-corrected chi connectivity index (χ3v) is 2.87. The lowest BCUT2D eigenvalue weighted by Gasteiger charge is -2.25. The monoisotopic (exact) mass is 242 g/mol. The molecule has 0 heterocycles. The molecule has 0 aliphatic rings. The summed E-state index contributed by atoms with van der Waals surface area (Å²) in [6.45, 7) is 9.48. The van der Waals surface area contributed by atoms with Crippen molar-refractivity contribution < 1.29 is 14.6 Å². The SMILES string of the molecule is C=C(C)C(=O)OC(CCCC)C(CO)CCC. The van der Waals surface area contributed by atoms with Gasteiger partial charge in [0.2, 0.25) is 0 Å². The number of unbranched alkanes of at least 4 members (excludes halogenated alkanes) is 1. The van der Waals surface area contributed by atoms with Crippen LogP contribution in [0, 0.1) is 5.92 Å². The van der Waals surface area contributed by atoms with Crippen molar-refractivity contribution >= 4 is 5.97 Å². The van der Waals surface area contributed by atoms with Gasteiger partial charge in [-0.2, -0.15) is 0 Å². The van der Waals surface area contributed by atoms with Crippen molar-refractivity contribution in [3.63, 3.8) is 0 Å². The zero-order valence-corrected chi connectivity index (χ0v) is 11.4. The molecule has 2 atom stereocenters.